The molecular formula is C23H34O. The van der Waals surface area contributed by atoms with Crippen LogP contribution in [0.1, 0.15) is 76.5 Å². The number of hydrogen-bond donors (Lipinski definition) is 0. The lowest BCUT2D eigenvalue weighted by atomic mass is 9.42. The van der Waals surface area contributed by atoms with Crippen molar-refractivity contribution in [3.05, 3.63) is 28.8 Å². The van der Waals surface area contributed by atoms with Gasteiger partial charge in [0.15, 0.2) is 0 Å². The number of fused-ring (bicyclic) bond motifs is 5. The molecule has 0 radical (unpaired) electrons. The van der Waals surface area contributed by atoms with Gasteiger partial charge in [0.25, 0.3) is 0 Å². The van der Waals surface area contributed by atoms with Gasteiger partial charge in [0.1, 0.15) is 5.75 Å². The lowest BCUT2D eigenvalue weighted by Crippen LogP contribution is -2.59. The van der Waals surface area contributed by atoms with Crippen molar-refractivity contribution in [3.8, 4) is 5.75 Å². The average molecular weight is 327 g/mol. The van der Waals surface area contributed by atoms with Crippen LogP contribution in [0.2, 0.25) is 0 Å². The molecule has 1 aromatic rings. The Morgan fingerprint density at radius 3 is 2.46 bits per heavy atom. The highest BCUT2D eigenvalue weighted by Crippen LogP contribution is 2.66. The Hall–Kier alpha value is -0.980. The SMILES string of the molecule is Cc1cc(C)c2c(c1)OC[C@@H]1[C@@]3(C)CCCC(C)(C)[C@@H]3CC[C@@]21C. The van der Waals surface area contributed by atoms with E-state index in [0.29, 0.717) is 16.7 Å². The molecule has 4 atom stereocenters. The van der Waals surface area contributed by atoms with Gasteiger partial charge in [0.05, 0.1) is 6.61 Å². The molecule has 2 aliphatic carbocycles. The first-order valence-corrected chi connectivity index (χ1v) is 9.93. The molecular weight excluding hydrogens is 292 g/mol. The highest BCUT2D eigenvalue weighted by Gasteiger charge is 2.60. The Morgan fingerprint density at radius 2 is 1.71 bits per heavy atom. The van der Waals surface area contributed by atoms with Gasteiger partial charge < -0.3 is 4.74 Å². The zero-order chi connectivity index (χ0) is 17.3. The van der Waals surface area contributed by atoms with Crippen molar-refractivity contribution >= 4 is 0 Å². The van der Waals surface area contributed by atoms with E-state index in [2.05, 4.69) is 53.7 Å². The van der Waals surface area contributed by atoms with Gasteiger partial charge in [-0.3, -0.25) is 0 Å². The Balaban J connectivity index is 1.84. The molecule has 0 N–H and O–H groups in total. The molecule has 0 aromatic heterocycles. The topological polar surface area (TPSA) is 9.23 Å². The lowest BCUT2D eigenvalue weighted by Gasteiger charge is -2.63. The van der Waals surface area contributed by atoms with E-state index in [1.807, 2.05) is 0 Å². The van der Waals surface area contributed by atoms with Gasteiger partial charge in [-0.05, 0) is 73.5 Å². The smallest absolute Gasteiger partial charge is 0.123 e. The van der Waals surface area contributed by atoms with Crippen LogP contribution in [0, 0.1) is 36.5 Å². The molecule has 1 nitrogen and oxygen atoms in total. The molecule has 2 saturated carbocycles. The normalized spacial score (nSPS) is 40.1. The summed E-state index contributed by atoms with van der Waals surface area (Å²) < 4.78 is 6.40. The van der Waals surface area contributed by atoms with Crippen molar-refractivity contribution in [1.29, 1.82) is 0 Å². The zero-order valence-corrected chi connectivity index (χ0v) is 16.5. The van der Waals surface area contributed by atoms with Crippen LogP contribution >= 0.6 is 0 Å². The van der Waals surface area contributed by atoms with Crippen molar-refractivity contribution in [2.75, 3.05) is 6.61 Å². The molecule has 0 spiro atoms. The fraction of sp³-hybridized carbons (Fsp3) is 0.739. The van der Waals surface area contributed by atoms with Gasteiger partial charge in [-0.25, -0.2) is 0 Å². The third-order valence-electron chi connectivity index (χ3n) is 8.21. The third-order valence-corrected chi connectivity index (χ3v) is 8.21. The maximum atomic E-state index is 6.40. The summed E-state index contributed by atoms with van der Waals surface area (Å²) in [6, 6.07) is 4.62. The zero-order valence-electron chi connectivity index (χ0n) is 16.5. The van der Waals surface area contributed by atoms with Crippen LogP contribution in [0.15, 0.2) is 12.1 Å². The van der Waals surface area contributed by atoms with Crippen LogP contribution in [-0.2, 0) is 5.41 Å². The van der Waals surface area contributed by atoms with E-state index >= 15 is 0 Å². The van der Waals surface area contributed by atoms with E-state index in [1.54, 1.807) is 0 Å². The van der Waals surface area contributed by atoms with Crippen LogP contribution in [-0.4, -0.2) is 6.61 Å². The molecule has 0 bridgehead atoms. The number of ether oxygens (including phenoxy) is 1. The predicted octanol–water partition coefficient (Wildman–Crippen LogP) is 6.20. The maximum absolute atomic E-state index is 6.40. The van der Waals surface area contributed by atoms with Crippen LogP contribution in [0.5, 0.6) is 5.75 Å². The second kappa shape index (κ2) is 5.02. The van der Waals surface area contributed by atoms with E-state index in [9.17, 15) is 0 Å². The summed E-state index contributed by atoms with van der Waals surface area (Å²) in [5, 5.41) is 0. The summed E-state index contributed by atoms with van der Waals surface area (Å²) in [5.74, 6) is 2.66. The van der Waals surface area contributed by atoms with Crippen molar-refractivity contribution in [2.45, 2.75) is 79.1 Å². The lowest BCUT2D eigenvalue weighted by molar-refractivity contribution is -0.123. The molecule has 3 aliphatic rings. The molecule has 1 aromatic carbocycles. The molecule has 1 aliphatic heterocycles. The van der Waals surface area contributed by atoms with E-state index in [1.165, 1.54) is 54.5 Å². The molecule has 1 heteroatoms. The molecule has 2 fully saturated rings. The average Bonchev–Trinajstić information content (AvgIpc) is 2.44. The van der Waals surface area contributed by atoms with Gasteiger partial charge >= 0.3 is 0 Å². The molecule has 0 amide bonds. The van der Waals surface area contributed by atoms with Gasteiger partial charge in [0, 0.05) is 16.9 Å². The van der Waals surface area contributed by atoms with Crippen molar-refractivity contribution in [3.63, 3.8) is 0 Å². The number of aryl methyl sites for hydroxylation is 2. The number of benzene rings is 1. The predicted molar refractivity (Wildman–Crippen MR) is 101 cm³/mol. The minimum atomic E-state index is 0.282. The highest BCUT2D eigenvalue weighted by molar-refractivity contribution is 5.50. The number of hydrogen-bond acceptors (Lipinski definition) is 1. The summed E-state index contributed by atoms with van der Waals surface area (Å²) in [6.07, 6.45) is 6.86. The summed E-state index contributed by atoms with van der Waals surface area (Å²) in [6.45, 7) is 15.6. The van der Waals surface area contributed by atoms with Gasteiger partial charge in [0.2, 0.25) is 0 Å². The van der Waals surface area contributed by atoms with Crippen molar-refractivity contribution in [1.82, 2.24) is 0 Å². The first-order valence-electron chi connectivity index (χ1n) is 9.93. The van der Waals surface area contributed by atoms with Gasteiger partial charge in [-0.2, -0.15) is 0 Å². The minimum absolute atomic E-state index is 0.282. The van der Waals surface area contributed by atoms with Crippen molar-refractivity contribution in [2.24, 2.45) is 22.7 Å². The number of rotatable bonds is 0. The molecule has 4 rings (SSSR count). The van der Waals surface area contributed by atoms with Crippen LogP contribution in [0.25, 0.3) is 0 Å². The fourth-order valence-electron chi connectivity index (χ4n) is 7.27. The summed E-state index contributed by atoms with van der Waals surface area (Å²) >= 11 is 0. The van der Waals surface area contributed by atoms with E-state index in [0.717, 1.165) is 12.5 Å². The monoisotopic (exact) mass is 326 g/mol. The second-order valence-electron chi connectivity index (χ2n) is 10.2. The van der Waals surface area contributed by atoms with E-state index < -0.39 is 0 Å². The van der Waals surface area contributed by atoms with Gasteiger partial charge in [-0.15, -0.1) is 0 Å². The highest BCUT2D eigenvalue weighted by atomic mass is 16.5. The molecule has 24 heavy (non-hydrogen) atoms. The first kappa shape index (κ1) is 16.5. The second-order valence-corrected chi connectivity index (χ2v) is 10.2. The Morgan fingerprint density at radius 1 is 0.958 bits per heavy atom. The fourth-order valence-corrected chi connectivity index (χ4v) is 7.27. The van der Waals surface area contributed by atoms with Crippen LogP contribution in [0.3, 0.4) is 0 Å². The summed E-state index contributed by atoms with van der Waals surface area (Å²) in [4.78, 5) is 0. The van der Waals surface area contributed by atoms with Crippen LogP contribution in [0.4, 0.5) is 0 Å². The van der Waals surface area contributed by atoms with E-state index in [-0.39, 0.29) is 5.41 Å². The molecule has 0 unspecified atom stereocenters. The molecule has 0 saturated heterocycles. The Kier molecular flexibility index (Phi) is 3.45. The Labute approximate surface area is 148 Å². The van der Waals surface area contributed by atoms with Gasteiger partial charge in [-0.1, -0.05) is 40.2 Å². The largest absolute Gasteiger partial charge is 0.493 e. The molecule has 1 heterocycles. The minimum Gasteiger partial charge on any atom is -0.493 e. The first-order chi connectivity index (χ1) is 11.2. The standard InChI is InChI=1S/C23H34O/c1-15-12-16(2)20-17(13-15)24-14-19-22(5)10-7-9-21(3,4)18(22)8-11-23(19,20)6/h12-13,18-19H,7-11,14H2,1-6H3/t18-,19+,22-,23+/m0/s1. The third kappa shape index (κ3) is 2.06. The van der Waals surface area contributed by atoms with Crippen molar-refractivity contribution < 1.29 is 4.74 Å². The van der Waals surface area contributed by atoms with E-state index in [4.69, 9.17) is 4.74 Å². The summed E-state index contributed by atoms with van der Waals surface area (Å²) in [5.41, 5.74) is 5.47. The quantitative estimate of drug-likeness (QED) is 0.552. The van der Waals surface area contributed by atoms with Crippen LogP contribution < -0.4 is 4.74 Å². The maximum Gasteiger partial charge on any atom is 0.123 e. The Bertz CT molecular complexity index is 673. The summed E-state index contributed by atoms with van der Waals surface area (Å²) in [7, 11) is 0. The molecule has 132 valence electrons.